The molecule has 0 aliphatic carbocycles. The molecule has 0 aliphatic rings. The first kappa shape index (κ1) is 13.4. The molecule has 0 fully saturated rings. The fraction of sp³-hybridized carbons (Fsp3) is 0.333. The zero-order valence-electron chi connectivity index (χ0n) is 8.73. The SMILES string of the molecule is Br.C=CC(N)C(C)(C)c1ccccc1. The molecule has 78 valence electrons. The fourth-order valence-electron chi connectivity index (χ4n) is 1.35. The summed E-state index contributed by atoms with van der Waals surface area (Å²) < 4.78 is 0. The lowest BCUT2D eigenvalue weighted by molar-refractivity contribution is 0.467. The molecule has 2 heteroatoms. The maximum absolute atomic E-state index is 5.96. The van der Waals surface area contributed by atoms with Crippen molar-refractivity contribution < 1.29 is 0 Å². The van der Waals surface area contributed by atoms with Crippen molar-refractivity contribution in [3.8, 4) is 0 Å². The van der Waals surface area contributed by atoms with Crippen molar-refractivity contribution in [2.75, 3.05) is 0 Å². The molecule has 1 unspecified atom stereocenters. The zero-order valence-corrected chi connectivity index (χ0v) is 10.4. The Morgan fingerprint density at radius 3 is 2.21 bits per heavy atom. The van der Waals surface area contributed by atoms with Gasteiger partial charge in [-0.15, -0.1) is 23.6 Å². The van der Waals surface area contributed by atoms with Gasteiger partial charge in [0.15, 0.2) is 0 Å². The summed E-state index contributed by atoms with van der Waals surface area (Å²) in [4.78, 5) is 0. The Labute approximate surface area is 96.8 Å². The second kappa shape index (κ2) is 5.32. The molecule has 1 nitrogen and oxygen atoms in total. The molecule has 1 aromatic carbocycles. The van der Waals surface area contributed by atoms with Gasteiger partial charge in [-0.25, -0.2) is 0 Å². The molecule has 0 radical (unpaired) electrons. The van der Waals surface area contributed by atoms with Gasteiger partial charge in [0.25, 0.3) is 0 Å². The third-order valence-electron chi connectivity index (χ3n) is 2.61. The molecule has 0 spiro atoms. The van der Waals surface area contributed by atoms with Gasteiger partial charge in [-0.3, -0.25) is 0 Å². The standard InChI is InChI=1S/C12H17N.BrH/c1-4-11(13)12(2,3)10-8-6-5-7-9-10;/h4-9,11H,1,13H2,2-3H3;1H. The number of nitrogens with two attached hydrogens (primary N) is 1. The van der Waals surface area contributed by atoms with E-state index in [2.05, 4.69) is 32.6 Å². The summed E-state index contributed by atoms with van der Waals surface area (Å²) in [5.41, 5.74) is 7.18. The number of hydrogen-bond donors (Lipinski definition) is 1. The van der Waals surface area contributed by atoms with Gasteiger partial charge in [0, 0.05) is 11.5 Å². The Bertz CT molecular complexity index is 280. The summed E-state index contributed by atoms with van der Waals surface area (Å²) in [6, 6.07) is 10.3. The smallest absolute Gasteiger partial charge is 0.0314 e. The summed E-state index contributed by atoms with van der Waals surface area (Å²) in [7, 11) is 0. The largest absolute Gasteiger partial charge is 0.324 e. The molecular weight excluding hydrogens is 238 g/mol. The van der Waals surface area contributed by atoms with Gasteiger partial charge in [0.05, 0.1) is 0 Å². The third kappa shape index (κ3) is 2.69. The Morgan fingerprint density at radius 1 is 1.29 bits per heavy atom. The number of benzene rings is 1. The topological polar surface area (TPSA) is 26.0 Å². The van der Waals surface area contributed by atoms with Crippen LogP contribution in [-0.4, -0.2) is 6.04 Å². The fourth-order valence-corrected chi connectivity index (χ4v) is 1.35. The van der Waals surface area contributed by atoms with E-state index in [4.69, 9.17) is 5.73 Å². The quantitative estimate of drug-likeness (QED) is 0.826. The summed E-state index contributed by atoms with van der Waals surface area (Å²) in [5.74, 6) is 0. The molecule has 14 heavy (non-hydrogen) atoms. The third-order valence-corrected chi connectivity index (χ3v) is 2.61. The van der Waals surface area contributed by atoms with Gasteiger partial charge < -0.3 is 5.73 Å². The van der Waals surface area contributed by atoms with E-state index in [9.17, 15) is 0 Å². The monoisotopic (exact) mass is 255 g/mol. The van der Waals surface area contributed by atoms with Crippen LogP contribution in [0.15, 0.2) is 43.0 Å². The maximum Gasteiger partial charge on any atom is 0.0314 e. The van der Waals surface area contributed by atoms with E-state index in [0.29, 0.717) is 0 Å². The van der Waals surface area contributed by atoms with Crippen LogP contribution in [0, 0.1) is 0 Å². The van der Waals surface area contributed by atoms with Crippen molar-refractivity contribution in [3.63, 3.8) is 0 Å². The molecular formula is C12H18BrN. The summed E-state index contributed by atoms with van der Waals surface area (Å²) in [5, 5.41) is 0. The molecule has 1 rings (SSSR count). The maximum atomic E-state index is 5.96. The summed E-state index contributed by atoms with van der Waals surface area (Å²) in [6.07, 6.45) is 1.80. The Balaban J connectivity index is 0.00000169. The second-order valence-electron chi connectivity index (χ2n) is 3.85. The molecule has 0 aliphatic heterocycles. The van der Waals surface area contributed by atoms with E-state index in [-0.39, 0.29) is 28.4 Å². The van der Waals surface area contributed by atoms with Crippen LogP contribution < -0.4 is 5.73 Å². The molecule has 0 saturated heterocycles. The molecule has 0 amide bonds. The minimum absolute atomic E-state index is 0. The lowest BCUT2D eigenvalue weighted by Gasteiger charge is -2.29. The Kier molecular flexibility index (Phi) is 5.09. The first-order valence-corrected chi connectivity index (χ1v) is 4.52. The van der Waals surface area contributed by atoms with Gasteiger partial charge in [0.1, 0.15) is 0 Å². The lowest BCUT2D eigenvalue weighted by atomic mass is 9.78. The van der Waals surface area contributed by atoms with E-state index in [1.54, 1.807) is 6.08 Å². The highest BCUT2D eigenvalue weighted by Crippen LogP contribution is 2.25. The van der Waals surface area contributed by atoms with Crippen LogP contribution in [0.3, 0.4) is 0 Å². The first-order chi connectivity index (χ1) is 6.09. The van der Waals surface area contributed by atoms with Gasteiger partial charge in [0.2, 0.25) is 0 Å². The predicted octanol–water partition coefficient (Wildman–Crippen LogP) is 3.06. The normalized spacial score (nSPS) is 12.8. The van der Waals surface area contributed by atoms with Gasteiger partial charge in [-0.2, -0.15) is 0 Å². The van der Waals surface area contributed by atoms with Gasteiger partial charge in [-0.05, 0) is 5.56 Å². The number of hydrogen-bond acceptors (Lipinski definition) is 1. The first-order valence-electron chi connectivity index (χ1n) is 4.52. The zero-order chi connectivity index (χ0) is 9.90. The van der Waals surface area contributed by atoms with Crippen molar-refractivity contribution >= 4 is 17.0 Å². The lowest BCUT2D eigenvalue weighted by Crippen LogP contribution is -2.38. The van der Waals surface area contributed by atoms with E-state index < -0.39 is 0 Å². The molecule has 1 atom stereocenters. The van der Waals surface area contributed by atoms with Crippen molar-refractivity contribution in [1.82, 2.24) is 0 Å². The van der Waals surface area contributed by atoms with Crippen molar-refractivity contribution in [3.05, 3.63) is 48.6 Å². The Morgan fingerprint density at radius 2 is 1.79 bits per heavy atom. The highest BCUT2D eigenvalue weighted by Gasteiger charge is 2.25. The van der Waals surface area contributed by atoms with Crippen LogP contribution in [0.4, 0.5) is 0 Å². The van der Waals surface area contributed by atoms with Crippen molar-refractivity contribution in [2.45, 2.75) is 25.3 Å². The van der Waals surface area contributed by atoms with Crippen LogP contribution in [-0.2, 0) is 5.41 Å². The number of rotatable bonds is 3. The van der Waals surface area contributed by atoms with Crippen LogP contribution >= 0.6 is 17.0 Å². The van der Waals surface area contributed by atoms with Crippen LogP contribution in [0.1, 0.15) is 19.4 Å². The van der Waals surface area contributed by atoms with E-state index in [0.717, 1.165) is 0 Å². The highest BCUT2D eigenvalue weighted by atomic mass is 79.9. The second-order valence-corrected chi connectivity index (χ2v) is 3.85. The minimum Gasteiger partial charge on any atom is -0.324 e. The van der Waals surface area contributed by atoms with Crippen LogP contribution in [0.25, 0.3) is 0 Å². The molecule has 0 bridgehead atoms. The average molecular weight is 256 g/mol. The van der Waals surface area contributed by atoms with Crippen LogP contribution in [0.2, 0.25) is 0 Å². The molecule has 0 heterocycles. The average Bonchev–Trinajstić information content (AvgIpc) is 2.18. The van der Waals surface area contributed by atoms with Crippen molar-refractivity contribution in [2.24, 2.45) is 5.73 Å². The predicted molar refractivity (Wildman–Crippen MR) is 68.0 cm³/mol. The molecule has 0 saturated carbocycles. The number of halogens is 1. The van der Waals surface area contributed by atoms with Crippen molar-refractivity contribution in [1.29, 1.82) is 0 Å². The van der Waals surface area contributed by atoms with E-state index in [1.165, 1.54) is 5.56 Å². The van der Waals surface area contributed by atoms with E-state index in [1.807, 2.05) is 18.2 Å². The van der Waals surface area contributed by atoms with Crippen LogP contribution in [0.5, 0.6) is 0 Å². The van der Waals surface area contributed by atoms with Gasteiger partial charge in [-0.1, -0.05) is 50.3 Å². The van der Waals surface area contributed by atoms with Gasteiger partial charge >= 0.3 is 0 Å². The molecule has 2 N–H and O–H groups in total. The molecule has 0 aromatic heterocycles. The Hall–Kier alpha value is -0.600. The summed E-state index contributed by atoms with van der Waals surface area (Å²) in [6.45, 7) is 7.99. The highest BCUT2D eigenvalue weighted by molar-refractivity contribution is 8.93. The molecule has 1 aromatic rings. The summed E-state index contributed by atoms with van der Waals surface area (Å²) >= 11 is 0. The minimum atomic E-state index is -0.0387. The van der Waals surface area contributed by atoms with E-state index >= 15 is 0 Å².